The molecule has 2 N–H and O–H groups in total. The third-order valence-corrected chi connectivity index (χ3v) is 4.18. The zero-order valence-corrected chi connectivity index (χ0v) is 11.2. The summed E-state index contributed by atoms with van der Waals surface area (Å²) in [7, 11) is 0. The minimum Gasteiger partial charge on any atom is -0.478 e. The van der Waals surface area contributed by atoms with Crippen LogP contribution in [0.1, 0.15) is 29.1 Å². The number of thiophene rings is 1. The summed E-state index contributed by atoms with van der Waals surface area (Å²) >= 11 is 3.40. The van der Waals surface area contributed by atoms with Gasteiger partial charge in [0.1, 0.15) is 0 Å². The van der Waals surface area contributed by atoms with Crippen LogP contribution >= 0.6 is 23.1 Å². The van der Waals surface area contributed by atoms with Crippen molar-refractivity contribution >= 4 is 29.1 Å². The number of aromatic carboxylic acids is 1. The zero-order chi connectivity index (χ0) is 12.0. The molecule has 0 saturated heterocycles. The number of hydrogen-bond acceptors (Lipinski definition) is 4. The Bertz CT molecular complexity index is 338. The Labute approximate surface area is 104 Å². The lowest BCUT2D eigenvalue weighted by Crippen LogP contribution is -2.27. The number of hydrogen-bond donors (Lipinski definition) is 2. The molecule has 3 nitrogen and oxygen atoms in total. The van der Waals surface area contributed by atoms with Crippen molar-refractivity contribution in [2.24, 2.45) is 0 Å². The first-order chi connectivity index (χ1) is 7.63. The van der Waals surface area contributed by atoms with Crippen molar-refractivity contribution in [2.45, 2.75) is 26.4 Å². The molecule has 1 rings (SSSR count). The minimum atomic E-state index is -0.850. The fourth-order valence-corrected chi connectivity index (χ4v) is 2.73. The lowest BCUT2D eigenvalue weighted by Gasteiger charge is -2.11. The summed E-state index contributed by atoms with van der Waals surface area (Å²) in [5, 5.41) is 13.8. The van der Waals surface area contributed by atoms with E-state index < -0.39 is 5.97 Å². The first-order valence-corrected chi connectivity index (χ1v) is 7.28. The Morgan fingerprint density at radius 1 is 1.69 bits per heavy atom. The van der Waals surface area contributed by atoms with Crippen molar-refractivity contribution in [3.63, 3.8) is 0 Å². The maximum atomic E-state index is 10.7. The molecule has 1 unspecified atom stereocenters. The molecule has 0 radical (unpaired) electrons. The largest absolute Gasteiger partial charge is 0.478 e. The normalized spacial score (nSPS) is 12.6. The molecule has 5 heteroatoms. The van der Waals surface area contributed by atoms with Gasteiger partial charge in [0.05, 0.1) is 5.56 Å². The summed E-state index contributed by atoms with van der Waals surface area (Å²) in [4.78, 5) is 11.8. The monoisotopic (exact) mass is 259 g/mol. The molecule has 0 aromatic carbocycles. The van der Waals surface area contributed by atoms with Crippen molar-refractivity contribution in [1.82, 2.24) is 5.32 Å². The highest BCUT2D eigenvalue weighted by molar-refractivity contribution is 7.99. The van der Waals surface area contributed by atoms with Gasteiger partial charge in [-0.3, -0.25) is 0 Å². The number of nitrogens with one attached hydrogen (secondary N) is 1. The van der Waals surface area contributed by atoms with Crippen LogP contribution in [0.3, 0.4) is 0 Å². The van der Waals surface area contributed by atoms with Crippen LogP contribution < -0.4 is 5.32 Å². The molecule has 0 amide bonds. The fraction of sp³-hybridized carbons (Fsp3) is 0.545. The molecule has 1 aromatic heterocycles. The number of rotatable bonds is 7. The molecular formula is C11H17NO2S2. The van der Waals surface area contributed by atoms with Gasteiger partial charge in [-0.1, -0.05) is 6.92 Å². The summed E-state index contributed by atoms with van der Waals surface area (Å²) < 4.78 is 0. The molecule has 1 atom stereocenters. The summed E-state index contributed by atoms with van der Waals surface area (Å²) in [5.41, 5.74) is 0.386. The van der Waals surface area contributed by atoms with Crippen LogP contribution in [0, 0.1) is 0 Å². The first kappa shape index (κ1) is 13.5. The lowest BCUT2D eigenvalue weighted by atomic mass is 10.3. The molecule has 16 heavy (non-hydrogen) atoms. The quantitative estimate of drug-likeness (QED) is 0.790. The van der Waals surface area contributed by atoms with E-state index in [2.05, 4.69) is 19.2 Å². The molecule has 0 spiro atoms. The topological polar surface area (TPSA) is 49.3 Å². The summed E-state index contributed by atoms with van der Waals surface area (Å²) in [6.07, 6.45) is 0. The van der Waals surface area contributed by atoms with E-state index in [0.717, 1.165) is 22.9 Å². The highest BCUT2D eigenvalue weighted by Crippen LogP contribution is 2.14. The van der Waals surface area contributed by atoms with Crippen LogP contribution in [-0.2, 0) is 6.54 Å². The van der Waals surface area contributed by atoms with E-state index in [1.165, 1.54) is 11.3 Å². The van der Waals surface area contributed by atoms with Crippen molar-refractivity contribution < 1.29 is 9.90 Å². The Morgan fingerprint density at radius 3 is 3.00 bits per heavy atom. The predicted octanol–water partition coefficient (Wildman–Crippen LogP) is 2.68. The zero-order valence-electron chi connectivity index (χ0n) is 9.53. The number of carboxylic acid groups (broad SMARTS) is 1. The second-order valence-corrected chi connectivity index (χ2v) is 5.86. The molecule has 0 saturated carbocycles. The van der Waals surface area contributed by atoms with Crippen LogP contribution in [0.15, 0.2) is 11.4 Å². The smallest absolute Gasteiger partial charge is 0.336 e. The maximum Gasteiger partial charge on any atom is 0.336 e. The first-order valence-electron chi connectivity index (χ1n) is 5.25. The third-order valence-electron chi connectivity index (χ3n) is 2.10. The third kappa shape index (κ3) is 4.55. The molecule has 0 aliphatic carbocycles. The Balaban J connectivity index is 2.33. The van der Waals surface area contributed by atoms with Gasteiger partial charge in [0.15, 0.2) is 0 Å². The Hall–Kier alpha value is -0.520. The van der Waals surface area contributed by atoms with Gasteiger partial charge >= 0.3 is 5.97 Å². The van der Waals surface area contributed by atoms with Crippen molar-refractivity contribution in [1.29, 1.82) is 0 Å². The highest BCUT2D eigenvalue weighted by Gasteiger charge is 2.07. The standard InChI is InChI=1S/C11H17NO2S2/c1-3-15-6-8(2)12-5-10-4-9(7-16-10)11(13)14/h4,7-8,12H,3,5-6H2,1-2H3,(H,13,14). The van der Waals surface area contributed by atoms with Crippen molar-refractivity contribution in [2.75, 3.05) is 11.5 Å². The van der Waals surface area contributed by atoms with E-state index in [4.69, 9.17) is 5.11 Å². The summed E-state index contributed by atoms with van der Waals surface area (Å²) in [5.74, 6) is 1.37. The van der Waals surface area contributed by atoms with Gasteiger partial charge in [0.2, 0.25) is 0 Å². The maximum absolute atomic E-state index is 10.7. The molecule has 0 aliphatic rings. The Morgan fingerprint density at radius 2 is 2.44 bits per heavy atom. The average molecular weight is 259 g/mol. The second kappa shape index (κ2) is 6.93. The Kier molecular flexibility index (Phi) is 5.87. The van der Waals surface area contributed by atoms with Crippen LogP contribution in [0.4, 0.5) is 0 Å². The van der Waals surface area contributed by atoms with Crippen LogP contribution in [-0.4, -0.2) is 28.6 Å². The summed E-state index contributed by atoms with van der Waals surface area (Å²) in [6.45, 7) is 5.05. The summed E-state index contributed by atoms with van der Waals surface area (Å²) in [6, 6.07) is 2.19. The van der Waals surface area contributed by atoms with Gasteiger partial charge in [0, 0.05) is 28.6 Å². The molecule has 0 aliphatic heterocycles. The van der Waals surface area contributed by atoms with Gasteiger partial charge in [0.25, 0.3) is 0 Å². The molecule has 0 fully saturated rings. The predicted molar refractivity (Wildman–Crippen MR) is 70.6 cm³/mol. The van der Waals surface area contributed by atoms with Crippen LogP contribution in [0.25, 0.3) is 0 Å². The van der Waals surface area contributed by atoms with Crippen molar-refractivity contribution in [3.8, 4) is 0 Å². The lowest BCUT2D eigenvalue weighted by molar-refractivity contribution is 0.0697. The van der Waals surface area contributed by atoms with Gasteiger partial charge in [-0.25, -0.2) is 4.79 Å². The molecule has 90 valence electrons. The minimum absolute atomic E-state index is 0.386. The van der Waals surface area contributed by atoms with E-state index >= 15 is 0 Å². The number of thioether (sulfide) groups is 1. The average Bonchev–Trinajstić information content (AvgIpc) is 2.72. The molecule has 1 aromatic rings. The van der Waals surface area contributed by atoms with E-state index in [1.807, 2.05) is 11.8 Å². The second-order valence-electron chi connectivity index (χ2n) is 3.55. The highest BCUT2D eigenvalue weighted by atomic mass is 32.2. The molecule has 0 bridgehead atoms. The fourth-order valence-electron chi connectivity index (χ4n) is 1.21. The van der Waals surface area contributed by atoms with Crippen LogP contribution in [0.5, 0.6) is 0 Å². The molecular weight excluding hydrogens is 242 g/mol. The van der Waals surface area contributed by atoms with E-state index in [0.29, 0.717) is 11.6 Å². The molecule has 1 heterocycles. The number of carboxylic acids is 1. The SMILES string of the molecule is CCSCC(C)NCc1cc(C(=O)O)cs1. The van der Waals surface area contributed by atoms with Gasteiger partial charge in [-0.15, -0.1) is 11.3 Å². The van der Waals surface area contributed by atoms with E-state index in [1.54, 1.807) is 11.4 Å². The van der Waals surface area contributed by atoms with Gasteiger partial charge in [-0.05, 0) is 18.7 Å². The number of carbonyl (C=O) groups is 1. The van der Waals surface area contributed by atoms with Crippen molar-refractivity contribution in [3.05, 3.63) is 21.9 Å². The van der Waals surface area contributed by atoms with E-state index in [9.17, 15) is 4.79 Å². The van der Waals surface area contributed by atoms with E-state index in [-0.39, 0.29) is 0 Å². The van der Waals surface area contributed by atoms with Gasteiger partial charge < -0.3 is 10.4 Å². The van der Waals surface area contributed by atoms with Gasteiger partial charge in [-0.2, -0.15) is 11.8 Å². The van der Waals surface area contributed by atoms with Crippen LogP contribution in [0.2, 0.25) is 0 Å².